The number of hydrogen-bond donors (Lipinski definition) is 2. The number of thiophene rings is 1. The molecule has 1 aliphatic heterocycles. The van der Waals surface area contributed by atoms with Crippen LogP contribution in [0.3, 0.4) is 0 Å². The molecule has 0 aliphatic carbocycles. The molecule has 1 aromatic carbocycles. The van der Waals surface area contributed by atoms with E-state index in [1.165, 1.54) is 23.5 Å². The van der Waals surface area contributed by atoms with Crippen LogP contribution in [0, 0.1) is 12.7 Å². The van der Waals surface area contributed by atoms with Crippen LogP contribution in [0.5, 0.6) is 0 Å². The lowest BCUT2D eigenvalue weighted by molar-refractivity contribution is 0.0346. The van der Waals surface area contributed by atoms with E-state index in [0.29, 0.717) is 34.7 Å². The zero-order valence-corrected chi connectivity index (χ0v) is 21.3. The lowest BCUT2D eigenvalue weighted by atomic mass is 9.92. The highest BCUT2D eigenvalue weighted by molar-refractivity contribution is 7.17. The number of carbonyl (C=O) groups is 1. The molecule has 1 fully saturated rings. The first-order valence-corrected chi connectivity index (χ1v) is 12.3. The van der Waals surface area contributed by atoms with Crippen LogP contribution in [-0.2, 0) is 16.7 Å². The van der Waals surface area contributed by atoms with Gasteiger partial charge in [-0.25, -0.2) is 13.9 Å². The first-order chi connectivity index (χ1) is 16.1. The molecule has 182 valence electrons. The normalized spacial score (nSPS) is 14.9. The summed E-state index contributed by atoms with van der Waals surface area (Å²) in [4.78, 5) is 16.3. The second-order valence-corrected chi connectivity index (χ2v) is 10.8. The Hall–Kier alpha value is -2.46. The number of urea groups is 1. The van der Waals surface area contributed by atoms with Gasteiger partial charge in [0.2, 0.25) is 0 Å². The summed E-state index contributed by atoms with van der Waals surface area (Å²) in [6.07, 6.45) is 0. The van der Waals surface area contributed by atoms with E-state index in [-0.39, 0.29) is 11.2 Å². The first kappa shape index (κ1) is 24.7. The van der Waals surface area contributed by atoms with Crippen LogP contribution in [-0.4, -0.2) is 47.0 Å². The molecule has 3 aromatic rings. The average Bonchev–Trinajstić information content (AvgIpc) is 3.32. The smallest absolute Gasteiger partial charge is 0.325 e. The van der Waals surface area contributed by atoms with Gasteiger partial charge in [0.05, 0.1) is 29.6 Å². The number of aromatic nitrogens is 2. The van der Waals surface area contributed by atoms with Crippen molar-refractivity contribution in [2.75, 3.05) is 36.9 Å². The van der Waals surface area contributed by atoms with Crippen LogP contribution in [0.1, 0.15) is 36.9 Å². The molecule has 0 unspecified atom stereocenters. The molecular weight excluding hydrogens is 477 g/mol. The van der Waals surface area contributed by atoms with Gasteiger partial charge in [-0.05, 0) is 31.2 Å². The van der Waals surface area contributed by atoms with E-state index in [4.69, 9.17) is 16.3 Å². The molecular formula is C24H29ClFN5O2S. The summed E-state index contributed by atoms with van der Waals surface area (Å²) in [6.45, 7) is 11.9. The SMILES string of the molecule is Cc1c(NC(=O)Nc2cc(C(C)(C)C)nn2-c2ccc(F)cc2)sc(CN2CCOCC2)c1Cl. The molecule has 0 bridgehead atoms. The number of halogens is 2. The van der Waals surface area contributed by atoms with Crippen molar-refractivity contribution >= 4 is 39.8 Å². The number of carbonyl (C=O) groups excluding carboxylic acids is 1. The zero-order chi connectivity index (χ0) is 24.5. The van der Waals surface area contributed by atoms with Crippen LogP contribution in [0.4, 0.5) is 20.0 Å². The van der Waals surface area contributed by atoms with Gasteiger partial charge < -0.3 is 4.74 Å². The monoisotopic (exact) mass is 505 g/mol. The topological polar surface area (TPSA) is 71.4 Å². The number of amides is 2. The van der Waals surface area contributed by atoms with E-state index in [1.807, 2.05) is 33.8 Å². The molecule has 0 radical (unpaired) electrons. The molecule has 0 saturated carbocycles. The third-order valence-electron chi connectivity index (χ3n) is 5.63. The van der Waals surface area contributed by atoms with Gasteiger partial charge in [-0.3, -0.25) is 15.5 Å². The predicted octanol–water partition coefficient (Wildman–Crippen LogP) is 5.81. The van der Waals surface area contributed by atoms with E-state index >= 15 is 0 Å². The van der Waals surface area contributed by atoms with Gasteiger partial charge in [0.25, 0.3) is 0 Å². The van der Waals surface area contributed by atoms with Crippen molar-refractivity contribution in [2.45, 2.75) is 39.7 Å². The van der Waals surface area contributed by atoms with Gasteiger partial charge >= 0.3 is 6.03 Å². The standard InChI is InChI=1S/C24H29ClFN5O2S/c1-15-21(25)18(14-30-9-11-33-12-10-30)34-22(15)28-23(32)27-20-13-19(24(2,3)4)29-31(20)17-7-5-16(26)6-8-17/h5-8,13H,9-12,14H2,1-4H3,(H2,27,28,32). The Labute approximate surface area is 207 Å². The highest BCUT2D eigenvalue weighted by Gasteiger charge is 2.23. The summed E-state index contributed by atoms with van der Waals surface area (Å²) in [5.74, 6) is 0.153. The van der Waals surface area contributed by atoms with Gasteiger partial charge in [-0.1, -0.05) is 32.4 Å². The lowest BCUT2D eigenvalue weighted by Crippen LogP contribution is -2.35. The zero-order valence-electron chi connectivity index (χ0n) is 19.7. The predicted molar refractivity (Wildman–Crippen MR) is 135 cm³/mol. The molecule has 2 aromatic heterocycles. The van der Waals surface area contributed by atoms with Gasteiger partial charge in [0.15, 0.2) is 0 Å². The third kappa shape index (κ3) is 5.60. The summed E-state index contributed by atoms with van der Waals surface area (Å²) >= 11 is 8.06. The van der Waals surface area contributed by atoms with Crippen LogP contribution < -0.4 is 10.6 Å². The number of benzene rings is 1. The molecule has 10 heteroatoms. The van der Waals surface area contributed by atoms with Crippen molar-refractivity contribution in [1.29, 1.82) is 0 Å². The maximum absolute atomic E-state index is 13.4. The molecule has 1 aliphatic rings. The van der Waals surface area contributed by atoms with Crippen LogP contribution >= 0.6 is 22.9 Å². The Bertz CT molecular complexity index is 1160. The van der Waals surface area contributed by atoms with E-state index in [0.717, 1.165) is 35.8 Å². The summed E-state index contributed by atoms with van der Waals surface area (Å²) in [7, 11) is 0. The minimum absolute atomic E-state index is 0.232. The number of anilines is 2. The fourth-order valence-corrected chi connectivity index (χ4v) is 5.06. The van der Waals surface area contributed by atoms with Gasteiger partial charge in [-0.15, -0.1) is 11.3 Å². The maximum atomic E-state index is 13.4. The molecule has 0 atom stereocenters. The average molecular weight is 506 g/mol. The number of nitrogens with zero attached hydrogens (tertiary/aromatic N) is 3. The Morgan fingerprint density at radius 1 is 1.21 bits per heavy atom. The van der Waals surface area contributed by atoms with Crippen LogP contribution in [0.25, 0.3) is 5.69 Å². The fourth-order valence-electron chi connectivity index (χ4n) is 3.60. The molecule has 3 heterocycles. The van der Waals surface area contributed by atoms with Crippen molar-refractivity contribution in [3.63, 3.8) is 0 Å². The van der Waals surface area contributed by atoms with E-state index in [1.54, 1.807) is 16.8 Å². The van der Waals surface area contributed by atoms with Gasteiger partial charge in [0.1, 0.15) is 16.6 Å². The van der Waals surface area contributed by atoms with Crippen molar-refractivity contribution in [3.05, 3.63) is 57.3 Å². The van der Waals surface area contributed by atoms with Crippen molar-refractivity contribution < 1.29 is 13.9 Å². The number of hydrogen-bond acceptors (Lipinski definition) is 5. The van der Waals surface area contributed by atoms with E-state index in [2.05, 4.69) is 20.6 Å². The van der Waals surface area contributed by atoms with E-state index < -0.39 is 6.03 Å². The van der Waals surface area contributed by atoms with Gasteiger partial charge in [0, 0.05) is 41.6 Å². The second kappa shape index (κ2) is 10.0. The van der Waals surface area contributed by atoms with Crippen molar-refractivity contribution in [2.24, 2.45) is 0 Å². The summed E-state index contributed by atoms with van der Waals surface area (Å²) in [6, 6.07) is 7.41. The molecule has 4 rings (SSSR count). The number of rotatable bonds is 5. The molecule has 1 saturated heterocycles. The van der Waals surface area contributed by atoms with Crippen molar-refractivity contribution in [3.8, 4) is 5.69 Å². The molecule has 2 N–H and O–H groups in total. The third-order valence-corrected chi connectivity index (χ3v) is 7.44. The summed E-state index contributed by atoms with van der Waals surface area (Å²) < 4.78 is 20.5. The Morgan fingerprint density at radius 2 is 1.88 bits per heavy atom. The molecule has 7 nitrogen and oxygen atoms in total. The second-order valence-electron chi connectivity index (χ2n) is 9.31. The molecule has 2 amide bonds. The number of ether oxygens (including phenoxy) is 1. The quantitative estimate of drug-likeness (QED) is 0.459. The van der Waals surface area contributed by atoms with Gasteiger partial charge in [-0.2, -0.15) is 5.10 Å². The Kier molecular flexibility index (Phi) is 7.28. The highest BCUT2D eigenvalue weighted by atomic mass is 35.5. The van der Waals surface area contributed by atoms with Crippen LogP contribution in [0.15, 0.2) is 30.3 Å². The Balaban J connectivity index is 1.53. The van der Waals surface area contributed by atoms with Crippen LogP contribution in [0.2, 0.25) is 5.02 Å². The minimum atomic E-state index is -0.400. The first-order valence-electron chi connectivity index (χ1n) is 11.1. The van der Waals surface area contributed by atoms with E-state index in [9.17, 15) is 9.18 Å². The summed E-state index contributed by atoms with van der Waals surface area (Å²) in [5, 5.41) is 11.9. The highest BCUT2D eigenvalue weighted by Crippen LogP contribution is 2.37. The minimum Gasteiger partial charge on any atom is -0.379 e. The van der Waals surface area contributed by atoms with Crippen molar-refractivity contribution in [1.82, 2.24) is 14.7 Å². The molecule has 34 heavy (non-hydrogen) atoms. The lowest BCUT2D eigenvalue weighted by Gasteiger charge is -2.26. The maximum Gasteiger partial charge on any atom is 0.325 e. The fraction of sp³-hybridized carbons (Fsp3) is 0.417. The number of nitrogens with one attached hydrogen (secondary N) is 2. The molecule has 0 spiro atoms. The Morgan fingerprint density at radius 3 is 2.53 bits per heavy atom. The number of morpholine rings is 1. The largest absolute Gasteiger partial charge is 0.379 e. The summed E-state index contributed by atoms with van der Waals surface area (Å²) in [5.41, 5.74) is 2.06.